The van der Waals surface area contributed by atoms with Gasteiger partial charge in [0, 0.05) is 30.6 Å². The number of rotatable bonds is 8. The summed E-state index contributed by atoms with van der Waals surface area (Å²) in [7, 11) is 1.51. The number of amides is 1. The quantitative estimate of drug-likeness (QED) is 0.226. The number of carbonyl (C=O) groups excluding carboxylic acids is 1. The van der Waals surface area contributed by atoms with Crippen LogP contribution in [-0.2, 0) is 30.1 Å². The number of ether oxygens (including phenoxy) is 2. The molecular weight excluding hydrogens is 620 g/mol. The van der Waals surface area contributed by atoms with E-state index in [1.807, 2.05) is 29.2 Å². The van der Waals surface area contributed by atoms with Crippen LogP contribution in [-0.4, -0.2) is 62.8 Å². The van der Waals surface area contributed by atoms with Gasteiger partial charge in [-0.2, -0.15) is 31.6 Å². The molecule has 10 nitrogen and oxygen atoms in total. The summed E-state index contributed by atoms with van der Waals surface area (Å²) in [6.07, 6.45) is -11.0. The normalized spacial score (nSPS) is 18.5. The van der Waals surface area contributed by atoms with Gasteiger partial charge in [0.2, 0.25) is 0 Å². The van der Waals surface area contributed by atoms with Crippen LogP contribution in [0.15, 0.2) is 48.5 Å². The molecule has 0 unspecified atom stereocenters. The summed E-state index contributed by atoms with van der Waals surface area (Å²) < 4.78 is 92.5. The molecule has 2 aliphatic heterocycles. The zero-order valence-corrected chi connectivity index (χ0v) is 24.5. The Hall–Kier alpha value is -4.89. The number of methoxy groups -OCH3 is 1. The van der Waals surface area contributed by atoms with Crippen LogP contribution in [0.25, 0.3) is 11.1 Å². The highest BCUT2D eigenvalue weighted by molar-refractivity contribution is 5.76. The predicted octanol–water partition coefficient (Wildman–Crippen LogP) is 6.19. The number of alkyl halides is 6. The molecular formula is C30H27F6N7O3. The number of tetrazole rings is 1. The average Bonchev–Trinajstić information content (AvgIpc) is 3.59. The Morgan fingerprint density at radius 3 is 2.28 bits per heavy atom. The molecule has 0 bridgehead atoms. The molecule has 2 atom stereocenters. The smallest absolute Gasteiger partial charge is 0.416 e. The summed E-state index contributed by atoms with van der Waals surface area (Å²) >= 11 is 0. The third-order valence-corrected chi connectivity index (χ3v) is 8.10. The molecule has 1 N–H and O–H groups in total. The molecule has 0 spiro atoms. The van der Waals surface area contributed by atoms with E-state index in [0.717, 1.165) is 25.1 Å². The number of hydrogen-bond donors (Lipinski definition) is 1. The second-order valence-electron chi connectivity index (χ2n) is 11.1. The van der Waals surface area contributed by atoms with Gasteiger partial charge in [-0.1, -0.05) is 11.3 Å². The van der Waals surface area contributed by atoms with Gasteiger partial charge in [-0.25, -0.2) is 9.78 Å². The fourth-order valence-corrected chi connectivity index (χ4v) is 5.56. The maximum Gasteiger partial charge on any atom is 0.416 e. The van der Waals surface area contributed by atoms with E-state index in [1.54, 1.807) is 6.07 Å². The summed E-state index contributed by atoms with van der Waals surface area (Å²) in [6.45, 7) is 2.94. The minimum atomic E-state index is -5.05. The van der Waals surface area contributed by atoms with Gasteiger partial charge in [-0.05, 0) is 66.9 Å². The number of carbonyl (C=O) groups is 1. The molecule has 1 amide bonds. The van der Waals surface area contributed by atoms with Crippen molar-refractivity contribution in [2.45, 2.75) is 50.8 Å². The van der Waals surface area contributed by atoms with E-state index in [4.69, 9.17) is 14.5 Å². The largest absolute Gasteiger partial charge is 0.496 e. The molecule has 0 aliphatic carbocycles. The Morgan fingerprint density at radius 1 is 0.978 bits per heavy atom. The molecule has 242 valence electrons. The lowest BCUT2D eigenvalue weighted by atomic mass is 9.96. The molecule has 16 heteroatoms. The second kappa shape index (κ2) is 11.8. The van der Waals surface area contributed by atoms with Crippen molar-refractivity contribution in [3.8, 4) is 16.9 Å². The van der Waals surface area contributed by atoms with Crippen LogP contribution in [0.4, 0.5) is 37.0 Å². The molecule has 0 radical (unpaired) electrons. The van der Waals surface area contributed by atoms with Crippen molar-refractivity contribution < 1.29 is 40.6 Å². The highest BCUT2D eigenvalue weighted by atomic mass is 19.4. The maximum atomic E-state index is 13.6. The third-order valence-electron chi connectivity index (χ3n) is 8.10. The van der Waals surface area contributed by atoms with Gasteiger partial charge in [0.1, 0.15) is 17.7 Å². The third kappa shape index (κ3) is 6.15. The van der Waals surface area contributed by atoms with Gasteiger partial charge in [0.05, 0.1) is 36.5 Å². The van der Waals surface area contributed by atoms with Gasteiger partial charge in [0.15, 0.2) is 5.82 Å². The molecule has 2 aromatic heterocycles. The maximum absolute atomic E-state index is 13.6. The van der Waals surface area contributed by atoms with Crippen LogP contribution in [0, 0.1) is 0 Å². The molecule has 2 fully saturated rings. The first-order chi connectivity index (χ1) is 21.8. The number of nitrogens with zero attached hydrogens (tertiary/aromatic N) is 6. The minimum absolute atomic E-state index is 0.0420. The fourth-order valence-electron chi connectivity index (χ4n) is 5.56. The predicted molar refractivity (Wildman–Crippen MR) is 151 cm³/mol. The van der Waals surface area contributed by atoms with Crippen molar-refractivity contribution in [3.05, 3.63) is 82.3 Å². The zero-order valence-electron chi connectivity index (χ0n) is 24.5. The van der Waals surface area contributed by atoms with E-state index >= 15 is 0 Å². The Morgan fingerprint density at radius 2 is 1.70 bits per heavy atom. The van der Waals surface area contributed by atoms with E-state index < -0.39 is 47.3 Å². The number of benzene rings is 2. The van der Waals surface area contributed by atoms with E-state index in [1.165, 1.54) is 18.9 Å². The highest BCUT2D eigenvalue weighted by Gasteiger charge is 2.43. The Balaban J connectivity index is 1.37. The molecule has 2 aromatic carbocycles. The van der Waals surface area contributed by atoms with Gasteiger partial charge in [0.25, 0.3) is 0 Å². The summed E-state index contributed by atoms with van der Waals surface area (Å²) in [5, 5.41) is 14.0. The van der Waals surface area contributed by atoms with Crippen LogP contribution in [0.2, 0.25) is 0 Å². The average molecular weight is 648 g/mol. The number of aromatic amines is 1. The molecule has 6 rings (SSSR count). The van der Waals surface area contributed by atoms with Gasteiger partial charge < -0.3 is 14.4 Å². The number of pyridine rings is 1. The topological polar surface area (TPSA) is 109 Å². The zero-order chi connectivity index (χ0) is 32.8. The minimum Gasteiger partial charge on any atom is -0.496 e. The number of aromatic nitrogens is 5. The van der Waals surface area contributed by atoms with Gasteiger partial charge in [-0.3, -0.25) is 4.90 Å². The van der Waals surface area contributed by atoms with E-state index in [0.29, 0.717) is 52.8 Å². The van der Waals surface area contributed by atoms with Crippen molar-refractivity contribution >= 4 is 11.9 Å². The summed E-state index contributed by atoms with van der Waals surface area (Å²) in [5.74, 6) is 1.64. The van der Waals surface area contributed by atoms with Crippen molar-refractivity contribution in [2.75, 3.05) is 25.1 Å². The van der Waals surface area contributed by atoms with Crippen LogP contribution < -0.4 is 9.64 Å². The van der Waals surface area contributed by atoms with Crippen LogP contribution >= 0.6 is 0 Å². The number of cyclic esters (lactones) is 1. The monoisotopic (exact) mass is 647 g/mol. The number of halogens is 6. The number of anilines is 1. The first kappa shape index (κ1) is 31.1. The summed E-state index contributed by atoms with van der Waals surface area (Å²) in [6, 6.07) is 9.45. The first-order valence-electron chi connectivity index (χ1n) is 14.2. The number of H-pyrrole nitrogens is 1. The van der Waals surface area contributed by atoms with Crippen molar-refractivity contribution in [1.29, 1.82) is 0 Å². The van der Waals surface area contributed by atoms with Crippen molar-refractivity contribution in [1.82, 2.24) is 30.5 Å². The molecule has 4 heterocycles. The van der Waals surface area contributed by atoms with Gasteiger partial charge >= 0.3 is 18.4 Å². The second-order valence-corrected chi connectivity index (χ2v) is 11.1. The SMILES string of the molecule is COc1ccc(Cc2nn[nH]n2)cc1-c1ccc(N2CCC2)nc1CN1C(=O)O[C@H](c2cc(C(F)(F)F)cc(C(F)(F)F)c2)[C@@H]1C. The van der Waals surface area contributed by atoms with Gasteiger partial charge in [-0.15, -0.1) is 10.2 Å². The van der Waals surface area contributed by atoms with Crippen LogP contribution in [0.3, 0.4) is 0 Å². The lowest BCUT2D eigenvalue weighted by Gasteiger charge is -2.33. The fraction of sp³-hybridized carbons (Fsp3) is 0.367. The van der Waals surface area contributed by atoms with Crippen molar-refractivity contribution in [2.24, 2.45) is 0 Å². The molecule has 0 saturated carbocycles. The number of hydrogen-bond acceptors (Lipinski definition) is 8. The first-order valence-corrected chi connectivity index (χ1v) is 14.2. The van der Waals surface area contributed by atoms with E-state index in [2.05, 4.69) is 20.6 Å². The highest BCUT2D eigenvalue weighted by Crippen LogP contribution is 2.42. The molecule has 2 aliphatic rings. The Kier molecular flexibility index (Phi) is 7.98. The van der Waals surface area contributed by atoms with Crippen LogP contribution in [0.5, 0.6) is 5.75 Å². The summed E-state index contributed by atoms with van der Waals surface area (Å²) in [5.41, 5.74) is -0.874. The van der Waals surface area contributed by atoms with E-state index in [-0.39, 0.29) is 12.6 Å². The molecule has 4 aromatic rings. The Bertz CT molecular complexity index is 1710. The molecule has 2 saturated heterocycles. The Labute approximate surface area is 258 Å². The molecule has 46 heavy (non-hydrogen) atoms. The van der Waals surface area contributed by atoms with Crippen molar-refractivity contribution in [3.63, 3.8) is 0 Å². The summed E-state index contributed by atoms with van der Waals surface area (Å²) in [4.78, 5) is 21.4. The van der Waals surface area contributed by atoms with E-state index in [9.17, 15) is 31.1 Å². The number of nitrogens with one attached hydrogen (secondary N) is 1. The standard InChI is InChI=1S/C30H27F6N7O3/c1-16-27(18-12-19(29(31,32)33)14-20(13-18)30(34,35)36)46-28(44)43(16)15-23-21(5-7-26(37-23)42-8-3-9-42)22-10-17(4-6-24(22)45-2)11-25-38-40-41-39-25/h4-7,10,12-14,16,27H,3,8-9,11,15H2,1-2H3,(H,38,39,40,41)/t16-,27-/m0/s1. The lowest BCUT2D eigenvalue weighted by molar-refractivity contribution is -0.143. The van der Waals surface area contributed by atoms with Crippen LogP contribution in [0.1, 0.15) is 53.2 Å². The lowest BCUT2D eigenvalue weighted by Crippen LogP contribution is -2.38.